The van der Waals surface area contributed by atoms with Crippen LogP contribution >= 0.6 is 0 Å². The summed E-state index contributed by atoms with van der Waals surface area (Å²) in [5, 5.41) is 13.3. The predicted molar refractivity (Wildman–Crippen MR) is 120 cm³/mol. The zero-order chi connectivity index (χ0) is 20.9. The van der Waals surface area contributed by atoms with Crippen LogP contribution in [-0.4, -0.2) is 17.2 Å². The van der Waals surface area contributed by atoms with Crippen molar-refractivity contribution >= 4 is 22.5 Å². The summed E-state index contributed by atoms with van der Waals surface area (Å²) in [7, 11) is 1.98. The van der Waals surface area contributed by atoms with Crippen LogP contribution < -0.4 is 5.43 Å². The van der Waals surface area contributed by atoms with E-state index in [1.165, 1.54) is 5.56 Å². The Morgan fingerprint density at radius 1 is 0.966 bits per heavy atom. The summed E-state index contributed by atoms with van der Waals surface area (Å²) < 4.78 is 14.6. The summed E-state index contributed by atoms with van der Waals surface area (Å²) in [6.07, 6.45) is 4.11. The zero-order valence-corrected chi connectivity index (χ0v) is 17.5. The minimum Gasteiger partial charge on any atom is -0.505 e. The molecule has 4 rings (SSSR count). The summed E-state index contributed by atoms with van der Waals surface area (Å²) >= 11 is 0. The van der Waals surface area contributed by atoms with Gasteiger partial charge < -0.3 is 5.11 Å². The van der Waals surface area contributed by atoms with Gasteiger partial charge in [0, 0.05) is 24.2 Å². The molecule has 0 radical (unpaired) electrons. The molecule has 0 aromatic heterocycles. The van der Waals surface area contributed by atoms with Crippen LogP contribution in [0.4, 0.5) is 10.1 Å². The molecule has 150 valence electrons. The van der Waals surface area contributed by atoms with Gasteiger partial charge in [0.1, 0.15) is 0 Å². The van der Waals surface area contributed by atoms with E-state index in [1.54, 1.807) is 12.1 Å². The minimum absolute atomic E-state index is 0.174. The highest BCUT2D eigenvalue weighted by molar-refractivity contribution is 5.93. The van der Waals surface area contributed by atoms with Gasteiger partial charge in [-0.05, 0) is 57.7 Å². The second-order valence-corrected chi connectivity index (χ2v) is 8.40. The number of anilines is 1. The Labute approximate surface area is 171 Å². The van der Waals surface area contributed by atoms with E-state index in [9.17, 15) is 9.50 Å². The molecule has 2 N–H and O–H groups in total. The molecule has 0 saturated heterocycles. The molecule has 0 aliphatic carbocycles. The summed E-state index contributed by atoms with van der Waals surface area (Å²) in [5.41, 5.74) is 10.1. The molecule has 0 bridgehead atoms. The number of hydrogen-bond acceptors (Lipinski definition) is 3. The van der Waals surface area contributed by atoms with Gasteiger partial charge in [-0.2, -0.15) is 0 Å². The maximum Gasteiger partial charge on any atom is 0.172 e. The third-order valence-corrected chi connectivity index (χ3v) is 5.64. The summed E-state index contributed by atoms with van der Waals surface area (Å²) in [5.74, 6) is -0.361. The fourth-order valence-corrected chi connectivity index (χ4v) is 4.20. The third kappa shape index (κ3) is 3.23. The van der Waals surface area contributed by atoms with Crippen LogP contribution in [0.1, 0.15) is 56.2 Å². The Balaban J connectivity index is 1.98. The van der Waals surface area contributed by atoms with Gasteiger partial charge >= 0.3 is 0 Å². The lowest BCUT2D eigenvalue weighted by atomic mass is 9.86. The number of fused-ring (bicyclic) bond motifs is 2. The van der Waals surface area contributed by atoms with E-state index in [0.717, 1.165) is 33.3 Å². The lowest BCUT2D eigenvalue weighted by molar-refractivity contribution is 0.435. The summed E-state index contributed by atoms with van der Waals surface area (Å²) in [6, 6.07) is 11.6. The Kier molecular flexibility index (Phi) is 4.73. The molecule has 1 heterocycles. The number of hydrogen-bond donors (Lipinski definition) is 2. The van der Waals surface area contributed by atoms with E-state index in [0.29, 0.717) is 11.3 Å². The number of rotatable bonds is 3. The molecular weight excluding hydrogens is 363 g/mol. The Bertz CT molecular complexity index is 1130. The van der Waals surface area contributed by atoms with E-state index < -0.39 is 5.82 Å². The number of phenols is 1. The van der Waals surface area contributed by atoms with Gasteiger partial charge in [0.15, 0.2) is 11.6 Å². The van der Waals surface area contributed by atoms with Gasteiger partial charge in [-0.1, -0.05) is 52.0 Å². The maximum absolute atomic E-state index is 14.6. The Hall–Kier alpha value is -3.01. The van der Waals surface area contributed by atoms with E-state index in [-0.39, 0.29) is 11.7 Å². The van der Waals surface area contributed by atoms with Gasteiger partial charge in [-0.25, -0.2) is 4.39 Å². The van der Waals surface area contributed by atoms with E-state index in [2.05, 4.69) is 57.4 Å². The quantitative estimate of drug-likeness (QED) is 0.514. The van der Waals surface area contributed by atoms with Crippen molar-refractivity contribution in [2.24, 2.45) is 0 Å². The molecule has 4 heteroatoms. The van der Waals surface area contributed by atoms with Gasteiger partial charge in [-0.3, -0.25) is 10.4 Å². The monoisotopic (exact) mass is 390 g/mol. The van der Waals surface area contributed by atoms with Crippen molar-refractivity contribution in [3.63, 3.8) is 0 Å². The molecule has 29 heavy (non-hydrogen) atoms. The fraction of sp³-hybridized carbons (Fsp3) is 0.280. The number of hydrazine groups is 1. The molecule has 0 fully saturated rings. The van der Waals surface area contributed by atoms with E-state index in [4.69, 9.17) is 0 Å². The highest BCUT2D eigenvalue weighted by Gasteiger charge is 2.20. The number of benzene rings is 3. The molecule has 3 aromatic carbocycles. The van der Waals surface area contributed by atoms with Crippen LogP contribution in [0.2, 0.25) is 0 Å². The van der Waals surface area contributed by atoms with Crippen molar-refractivity contribution in [1.82, 2.24) is 5.01 Å². The molecule has 0 atom stereocenters. The fourth-order valence-electron chi connectivity index (χ4n) is 4.20. The van der Waals surface area contributed by atoms with E-state index >= 15 is 0 Å². The van der Waals surface area contributed by atoms with Crippen molar-refractivity contribution in [2.45, 2.75) is 39.5 Å². The second-order valence-electron chi connectivity index (χ2n) is 8.40. The number of aromatic hydroxyl groups is 1. The van der Waals surface area contributed by atoms with Gasteiger partial charge in [0.25, 0.3) is 0 Å². The third-order valence-electron chi connectivity index (χ3n) is 5.64. The van der Waals surface area contributed by atoms with Crippen LogP contribution in [0, 0.1) is 5.82 Å². The van der Waals surface area contributed by atoms with Gasteiger partial charge in [-0.15, -0.1) is 0 Å². The Morgan fingerprint density at radius 3 is 2.41 bits per heavy atom. The molecule has 3 nitrogen and oxygen atoms in total. The summed E-state index contributed by atoms with van der Waals surface area (Å²) in [6.45, 7) is 8.50. The first-order valence-electron chi connectivity index (χ1n) is 10.1. The van der Waals surface area contributed by atoms with Crippen molar-refractivity contribution in [3.05, 3.63) is 65.1 Å². The molecule has 0 unspecified atom stereocenters. The first-order valence-corrected chi connectivity index (χ1v) is 10.1. The number of nitrogens with zero attached hydrogens (tertiary/aromatic N) is 1. The molecule has 0 spiro atoms. The van der Waals surface area contributed by atoms with Crippen LogP contribution in [0.15, 0.2) is 42.6 Å². The number of nitrogens with one attached hydrogen (secondary N) is 1. The largest absolute Gasteiger partial charge is 0.505 e. The smallest absolute Gasteiger partial charge is 0.172 e. The molecule has 0 saturated carbocycles. The van der Waals surface area contributed by atoms with Crippen LogP contribution in [-0.2, 0) is 0 Å². The normalized spacial score (nSPS) is 13.3. The molecule has 1 aliphatic rings. The maximum atomic E-state index is 14.6. The first kappa shape index (κ1) is 19.3. The van der Waals surface area contributed by atoms with Gasteiger partial charge in [0.05, 0.1) is 5.69 Å². The molecule has 0 amide bonds. The van der Waals surface area contributed by atoms with Crippen molar-refractivity contribution in [2.75, 3.05) is 12.5 Å². The van der Waals surface area contributed by atoms with Crippen molar-refractivity contribution < 1.29 is 9.50 Å². The lowest BCUT2D eigenvalue weighted by Crippen LogP contribution is -2.23. The second kappa shape index (κ2) is 7.11. The van der Waals surface area contributed by atoms with Gasteiger partial charge in [0.2, 0.25) is 0 Å². The van der Waals surface area contributed by atoms with Crippen molar-refractivity contribution in [1.29, 1.82) is 0 Å². The van der Waals surface area contributed by atoms with Crippen LogP contribution in [0.25, 0.3) is 28.0 Å². The van der Waals surface area contributed by atoms with Crippen molar-refractivity contribution in [3.8, 4) is 16.9 Å². The molecule has 3 aromatic rings. The highest BCUT2D eigenvalue weighted by Crippen LogP contribution is 2.41. The van der Waals surface area contributed by atoms with Crippen LogP contribution in [0.3, 0.4) is 0 Å². The zero-order valence-electron chi connectivity index (χ0n) is 17.5. The SMILES string of the molecule is CC(C)c1c(-c2ccc3c(F)c(O)cc(C(C)C)c3c2)ccc2c1NN(C)C=C2. The number of halogens is 1. The molecule has 1 aliphatic heterocycles. The number of phenolic OH excluding ortho intramolecular Hbond substituents is 1. The topological polar surface area (TPSA) is 35.5 Å². The minimum atomic E-state index is -0.557. The molecular formula is C25H27FN2O. The average molecular weight is 391 g/mol. The predicted octanol–water partition coefficient (Wildman–Crippen LogP) is 6.84. The summed E-state index contributed by atoms with van der Waals surface area (Å²) in [4.78, 5) is 0. The standard InChI is InChI=1S/C25H27FN2O/c1-14(2)20-13-22(29)24(26)19-9-7-17(12-21(19)20)18-8-6-16-10-11-28(5)27-25(16)23(18)15(3)4/h6-15,27,29H,1-5H3. The average Bonchev–Trinajstić information content (AvgIpc) is 2.68. The van der Waals surface area contributed by atoms with E-state index in [1.807, 2.05) is 24.3 Å². The Morgan fingerprint density at radius 2 is 1.72 bits per heavy atom. The van der Waals surface area contributed by atoms with Crippen LogP contribution in [0.5, 0.6) is 5.75 Å². The highest BCUT2D eigenvalue weighted by atomic mass is 19.1. The lowest BCUT2D eigenvalue weighted by Gasteiger charge is -2.28. The first-order chi connectivity index (χ1) is 13.8.